The van der Waals surface area contributed by atoms with E-state index in [1.807, 2.05) is 13.8 Å². The Labute approximate surface area is 185 Å². The molecule has 2 atom stereocenters. The van der Waals surface area contributed by atoms with Crippen molar-refractivity contribution >= 4 is 29.4 Å². The Hall–Kier alpha value is -2.82. The second kappa shape index (κ2) is 10.7. The number of hydrogen-bond donors (Lipinski definition) is 1. The number of aromatic nitrogens is 2. The monoisotopic (exact) mass is 478 g/mol. The van der Waals surface area contributed by atoms with Crippen LogP contribution in [-0.2, 0) is 11.0 Å². The van der Waals surface area contributed by atoms with Crippen molar-refractivity contribution in [3.8, 4) is 0 Å². The smallest absolute Gasteiger partial charge is 0.329 e. The Balaban J connectivity index is 0.00000176. The lowest BCUT2D eigenvalue weighted by molar-refractivity contribution is -0.140. The molecule has 1 N–H and O–H groups in total. The maximum Gasteiger partial charge on any atom is 0.419 e. The van der Waals surface area contributed by atoms with Gasteiger partial charge in [0.25, 0.3) is 5.91 Å². The molecular weight excluding hydrogens is 459 g/mol. The zero-order chi connectivity index (χ0) is 24.1. The van der Waals surface area contributed by atoms with E-state index in [2.05, 4.69) is 15.3 Å². The summed E-state index contributed by atoms with van der Waals surface area (Å²) in [6, 6.07) is 1.69. The molecule has 1 aliphatic rings. The van der Waals surface area contributed by atoms with E-state index >= 15 is 0 Å². The fraction of sp³-hybridized carbons (Fsp3) is 0.400. The highest BCUT2D eigenvalue weighted by Crippen LogP contribution is 2.35. The van der Waals surface area contributed by atoms with E-state index in [4.69, 9.17) is 11.6 Å². The van der Waals surface area contributed by atoms with Crippen LogP contribution in [0.2, 0.25) is 5.02 Å². The van der Waals surface area contributed by atoms with Gasteiger partial charge < -0.3 is 4.90 Å². The van der Waals surface area contributed by atoms with Crippen molar-refractivity contribution in [1.82, 2.24) is 14.9 Å². The molecule has 6 nitrogen and oxygen atoms in total. The second-order valence-electron chi connectivity index (χ2n) is 6.66. The molecule has 2 amide bonds. The van der Waals surface area contributed by atoms with Gasteiger partial charge in [0.2, 0.25) is 11.9 Å². The van der Waals surface area contributed by atoms with Crippen molar-refractivity contribution in [3.05, 3.63) is 52.6 Å². The molecule has 0 radical (unpaired) electrons. The standard InChI is InChI=1S/C18H14ClF5N4O2.C2H6/c19-11-5-25-17(26-6-11)27-15(29)8-28(7-10-4-13(10)20)16(30)9-1-2-12(14(21)3-9)18(22,23)24;1-2/h1-3,5-6,10,13H,4,7-8H2,(H,25,26,27,29);1-2H3/t10-,13-;/m0./s1. The number of rotatable bonds is 6. The molecule has 1 fully saturated rings. The molecule has 1 heterocycles. The Bertz CT molecular complexity index is 956. The topological polar surface area (TPSA) is 75.2 Å². The average molecular weight is 479 g/mol. The van der Waals surface area contributed by atoms with E-state index in [-0.39, 0.29) is 23.9 Å². The molecule has 0 aliphatic heterocycles. The Morgan fingerprint density at radius 2 is 1.81 bits per heavy atom. The molecule has 12 heteroatoms. The van der Waals surface area contributed by atoms with Gasteiger partial charge in [0.1, 0.15) is 18.5 Å². The fourth-order valence-corrected chi connectivity index (χ4v) is 2.77. The maximum atomic E-state index is 13.8. The van der Waals surface area contributed by atoms with Gasteiger partial charge in [-0.15, -0.1) is 0 Å². The van der Waals surface area contributed by atoms with E-state index in [0.717, 1.165) is 11.0 Å². The van der Waals surface area contributed by atoms with Crippen LogP contribution >= 0.6 is 11.6 Å². The highest BCUT2D eigenvalue weighted by molar-refractivity contribution is 6.30. The molecule has 1 aromatic carbocycles. The molecule has 2 aromatic rings. The van der Waals surface area contributed by atoms with Crippen LogP contribution < -0.4 is 5.32 Å². The number of amides is 2. The first kappa shape index (κ1) is 25.4. The van der Waals surface area contributed by atoms with Crippen molar-refractivity contribution in [2.24, 2.45) is 5.92 Å². The summed E-state index contributed by atoms with van der Waals surface area (Å²) in [5.74, 6) is -3.86. The van der Waals surface area contributed by atoms with Crippen molar-refractivity contribution in [3.63, 3.8) is 0 Å². The molecular formula is C20H20ClF5N4O2. The summed E-state index contributed by atoms with van der Waals surface area (Å²) in [6.45, 7) is 3.29. The number of alkyl halides is 4. The molecule has 1 saturated carbocycles. The summed E-state index contributed by atoms with van der Waals surface area (Å²) in [6.07, 6.45) is -3.41. The molecule has 174 valence electrons. The Kier molecular flexibility index (Phi) is 8.48. The van der Waals surface area contributed by atoms with Crippen LogP contribution in [0.5, 0.6) is 0 Å². The summed E-state index contributed by atoms with van der Waals surface area (Å²) < 4.78 is 65.3. The van der Waals surface area contributed by atoms with Crippen LogP contribution in [0.15, 0.2) is 30.6 Å². The second-order valence-corrected chi connectivity index (χ2v) is 7.10. The largest absolute Gasteiger partial charge is 0.419 e. The van der Waals surface area contributed by atoms with E-state index in [1.54, 1.807) is 0 Å². The third-order valence-electron chi connectivity index (χ3n) is 4.31. The predicted octanol–water partition coefficient (Wildman–Crippen LogP) is 4.75. The minimum absolute atomic E-state index is 0.0906. The molecule has 1 aliphatic carbocycles. The summed E-state index contributed by atoms with van der Waals surface area (Å²) in [5, 5.41) is 2.55. The summed E-state index contributed by atoms with van der Waals surface area (Å²) in [7, 11) is 0. The van der Waals surface area contributed by atoms with Crippen LogP contribution in [0.1, 0.15) is 36.2 Å². The lowest BCUT2D eigenvalue weighted by Gasteiger charge is -2.22. The van der Waals surface area contributed by atoms with Gasteiger partial charge in [-0.2, -0.15) is 13.2 Å². The van der Waals surface area contributed by atoms with Gasteiger partial charge in [0.15, 0.2) is 0 Å². The number of nitrogens with zero attached hydrogens (tertiary/aromatic N) is 3. The first-order chi connectivity index (χ1) is 15.0. The van der Waals surface area contributed by atoms with Crippen LogP contribution in [0.3, 0.4) is 0 Å². The molecule has 3 rings (SSSR count). The zero-order valence-electron chi connectivity index (χ0n) is 17.1. The first-order valence-corrected chi connectivity index (χ1v) is 10.00. The minimum Gasteiger partial charge on any atom is -0.329 e. The molecule has 1 aromatic heterocycles. The van der Waals surface area contributed by atoms with Crippen LogP contribution in [0.4, 0.5) is 27.9 Å². The molecule has 0 spiro atoms. The van der Waals surface area contributed by atoms with Gasteiger partial charge >= 0.3 is 6.18 Å². The summed E-state index contributed by atoms with van der Waals surface area (Å²) in [4.78, 5) is 33.4. The van der Waals surface area contributed by atoms with Crippen molar-refractivity contribution in [2.75, 3.05) is 18.4 Å². The number of benzene rings is 1. The lowest BCUT2D eigenvalue weighted by atomic mass is 10.1. The van der Waals surface area contributed by atoms with E-state index in [9.17, 15) is 31.5 Å². The van der Waals surface area contributed by atoms with Crippen LogP contribution in [0.25, 0.3) is 0 Å². The number of carbonyl (C=O) groups is 2. The van der Waals surface area contributed by atoms with Crippen LogP contribution in [-0.4, -0.2) is 45.9 Å². The highest BCUT2D eigenvalue weighted by Gasteiger charge is 2.40. The van der Waals surface area contributed by atoms with Crippen molar-refractivity contribution in [2.45, 2.75) is 32.6 Å². The number of halogens is 6. The number of hydrogen-bond acceptors (Lipinski definition) is 4. The SMILES string of the molecule is CC.O=C(CN(C[C@@H]1C[C@@H]1F)C(=O)c1ccc(C(F)(F)F)c(F)c1)Nc1ncc(Cl)cn1. The number of nitrogens with one attached hydrogen (secondary N) is 1. The lowest BCUT2D eigenvalue weighted by Crippen LogP contribution is -2.40. The van der Waals surface area contributed by atoms with E-state index in [1.165, 1.54) is 12.4 Å². The Morgan fingerprint density at radius 3 is 2.31 bits per heavy atom. The van der Waals surface area contributed by atoms with E-state index in [0.29, 0.717) is 12.1 Å². The van der Waals surface area contributed by atoms with Gasteiger partial charge in [0.05, 0.1) is 23.0 Å². The molecule has 0 saturated heterocycles. The highest BCUT2D eigenvalue weighted by atomic mass is 35.5. The summed E-state index contributed by atoms with van der Waals surface area (Å²) in [5.41, 5.74) is -1.92. The third-order valence-corrected chi connectivity index (χ3v) is 4.50. The normalized spacial score (nSPS) is 17.1. The predicted molar refractivity (Wildman–Crippen MR) is 107 cm³/mol. The zero-order valence-corrected chi connectivity index (χ0v) is 17.8. The van der Waals surface area contributed by atoms with Crippen molar-refractivity contribution in [1.29, 1.82) is 0 Å². The van der Waals surface area contributed by atoms with Gasteiger partial charge in [-0.3, -0.25) is 14.9 Å². The molecule has 0 bridgehead atoms. The van der Waals surface area contributed by atoms with Gasteiger partial charge in [-0.1, -0.05) is 25.4 Å². The van der Waals surface area contributed by atoms with Gasteiger partial charge in [0, 0.05) is 18.0 Å². The van der Waals surface area contributed by atoms with Gasteiger partial charge in [-0.05, 0) is 24.6 Å². The number of carbonyl (C=O) groups excluding carboxylic acids is 2. The Morgan fingerprint density at radius 1 is 1.22 bits per heavy atom. The third kappa shape index (κ3) is 6.84. The van der Waals surface area contributed by atoms with E-state index < -0.39 is 53.6 Å². The average Bonchev–Trinajstić information content (AvgIpc) is 3.43. The molecule has 32 heavy (non-hydrogen) atoms. The van der Waals surface area contributed by atoms with Gasteiger partial charge in [-0.25, -0.2) is 18.7 Å². The fourth-order valence-electron chi connectivity index (χ4n) is 2.68. The molecule has 0 unspecified atom stereocenters. The quantitative estimate of drug-likeness (QED) is 0.608. The first-order valence-electron chi connectivity index (χ1n) is 9.62. The number of anilines is 1. The summed E-state index contributed by atoms with van der Waals surface area (Å²) >= 11 is 5.64. The minimum atomic E-state index is -4.92. The maximum absolute atomic E-state index is 13.8. The van der Waals surface area contributed by atoms with Crippen LogP contribution in [0, 0.1) is 11.7 Å². The van der Waals surface area contributed by atoms with Crippen molar-refractivity contribution < 1.29 is 31.5 Å².